The molecule has 2 aliphatic rings. The number of benzene rings is 5. The van der Waals surface area contributed by atoms with Crippen molar-refractivity contribution in [1.29, 1.82) is 0 Å². The van der Waals surface area contributed by atoms with Crippen LogP contribution >= 0.6 is 11.6 Å². The van der Waals surface area contributed by atoms with Crippen LogP contribution in [0, 0.1) is 0 Å². The average Bonchev–Trinajstić information content (AvgIpc) is 3.51. The summed E-state index contributed by atoms with van der Waals surface area (Å²) in [6.07, 6.45) is 10.2. The van der Waals surface area contributed by atoms with Crippen LogP contribution in [0.5, 0.6) is 11.5 Å². The molecule has 0 bridgehead atoms. The standard InChI is InChI=1S/C12H7Cl.C12H8O.C8H8O/c2*13-11-7-6-9-5-4-8-2-1-3-10(11)12(8)9;1-2-7-3-5-8(9)6-4-7/h1-7H;1-7,13H;2-6,9H,1H2. The number of hydrogen-bond acceptors (Lipinski definition) is 2. The SMILES string of the molecule is C=Cc1ccc(O)cc1.Clc1ccc2c3c(cccc13)C=C2.Oc1ccc2c3c(cccc13)C=C2. The molecule has 0 spiro atoms. The summed E-state index contributed by atoms with van der Waals surface area (Å²) < 4.78 is 0. The van der Waals surface area contributed by atoms with Gasteiger partial charge in [-0.15, -0.1) is 0 Å². The van der Waals surface area contributed by atoms with Gasteiger partial charge >= 0.3 is 0 Å². The van der Waals surface area contributed by atoms with Crippen LogP contribution < -0.4 is 0 Å². The Hall–Kier alpha value is -4.27. The molecule has 2 N–H and O–H groups in total. The minimum Gasteiger partial charge on any atom is -0.508 e. The van der Waals surface area contributed by atoms with E-state index in [4.69, 9.17) is 16.7 Å². The molecule has 0 radical (unpaired) electrons. The molecular weight excluding hydrogens is 452 g/mol. The van der Waals surface area contributed by atoms with E-state index >= 15 is 0 Å². The molecule has 5 aromatic rings. The summed E-state index contributed by atoms with van der Waals surface area (Å²) in [5.74, 6) is 0.657. The average molecular weight is 475 g/mol. The zero-order chi connectivity index (χ0) is 24.4. The summed E-state index contributed by atoms with van der Waals surface area (Å²) in [5, 5.41) is 23.8. The highest BCUT2D eigenvalue weighted by atomic mass is 35.5. The van der Waals surface area contributed by atoms with Crippen molar-refractivity contribution in [1.82, 2.24) is 0 Å². The van der Waals surface area contributed by atoms with Crippen molar-refractivity contribution >= 4 is 63.5 Å². The minimum absolute atomic E-state index is 0.292. The molecule has 0 saturated heterocycles. The molecule has 2 aliphatic carbocycles. The van der Waals surface area contributed by atoms with Crippen LogP contribution in [0.2, 0.25) is 5.02 Å². The van der Waals surface area contributed by atoms with Crippen molar-refractivity contribution < 1.29 is 10.2 Å². The second-order valence-electron chi connectivity index (χ2n) is 8.31. The van der Waals surface area contributed by atoms with Gasteiger partial charge < -0.3 is 10.2 Å². The van der Waals surface area contributed by atoms with Crippen LogP contribution in [-0.2, 0) is 0 Å². The quantitative estimate of drug-likeness (QED) is 0.249. The summed E-state index contributed by atoms with van der Waals surface area (Å²) in [6.45, 7) is 3.58. The highest BCUT2D eigenvalue weighted by molar-refractivity contribution is 6.36. The van der Waals surface area contributed by atoms with E-state index in [-0.39, 0.29) is 0 Å². The maximum Gasteiger partial charge on any atom is 0.123 e. The zero-order valence-corrected chi connectivity index (χ0v) is 19.7. The third-order valence-corrected chi connectivity index (χ3v) is 6.48. The summed E-state index contributed by atoms with van der Waals surface area (Å²) in [7, 11) is 0. The van der Waals surface area contributed by atoms with Gasteiger partial charge in [0, 0.05) is 15.8 Å². The molecule has 170 valence electrons. The van der Waals surface area contributed by atoms with E-state index < -0.39 is 0 Å². The van der Waals surface area contributed by atoms with Gasteiger partial charge in [0.1, 0.15) is 11.5 Å². The first-order valence-corrected chi connectivity index (χ1v) is 11.7. The monoisotopic (exact) mass is 474 g/mol. The molecule has 0 heterocycles. The van der Waals surface area contributed by atoms with E-state index in [0.29, 0.717) is 11.5 Å². The number of rotatable bonds is 1. The normalized spacial score (nSPS) is 11.7. The number of phenols is 2. The van der Waals surface area contributed by atoms with Crippen LogP contribution in [0.1, 0.15) is 27.8 Å². The van der Waals surface area contributed by atoms with Gasteiger partial charge in [0.15, 0.2) is 0 Å². The van der Waals surface area contributed by atoms with Gasteiger partial charge in [0.2, 0.25) is 0 Å². The van der Waals surface area contributed by atoms with E-state index in [2.05, 4.69) is 55.1 Å². The van der Waals surface area contributed by atoms with Gasteiger partial charge in [-0.2, -0.15) is 0 Å². The molecule has 0 aromatic heterocycles. The van der Waals surface area contributed by atoms with E-state index in [1.165, 1.54) is 33.0 Å². The fourth-order valence-electron chi connectivity index (χ4n) is 4.40. The molecule has 0 saturated carbocycles. The van der Waals surface area contributed by atoms with Crippen LogP contribution in [0.25, 0.3) is 51.9 Å². The van der Waals surface area contributed by atoms with Crippen molar-refractivity contribution in [3.63, 3.8) is 0 Å². The van der Waals surface area contributed by atoms with Gasteiger partial charge in [-0.3, -0.25) is 0 Å². The minimum atomic E-state index is 0.292. The molecule has 0 aliphatic heterocycles. The predicted molar refractivity (Wildman–Crippen MR) is 151 cm³/mol. The summed E-state index contributed by atoms with van der Waals surface area (Å²) >= 11 is 6.10. The lowest BCUT2D eigenvalue weighted by atomic mass is 10.0. The Morgan fingerprint density at radius 3 is 1.69 bits per heavy atom. The summed E-state index contributed by atoms with van der Waals surface area (Å²) in [5.41, 5.74) is 5.96. The molecule has 0 amide bonds. The molecule has 0 atom stereocenters. The topological polar surface area (TPSA) is 40.5 Å². The Morgan fingerprint density at radius 2 is 1.09 bits per heavy atom. The largest absolute Gasteiger partial charge is 0.508 e. The maximum atomic E-state index is 9.62. The van der Waals surface area contributed by atoms with E-state index in [9.17, 15) is 5.11 Å². The lowest BCUT2D eigenvalue weighted by Crippen LogP contribution is -1.78. The Morgan fingerprint density at radius 1 is 0.571 bits per heavy atom. The maximum absolute atomic E-state index is 9.62. The van der Waals surface area contributed by atoms with E-state index in [1.807, 2.05) is 42.5 Å². The molecule has 7 rings (SSSR count). The Balaban J connectivity index is 0.000000111. The molecule has 2 nitrogen and oxygen atoms in total. The van der Waals surface area contributed by atoms with Gasteiger partial charge in [-0.25, -0.2) is 0 Å². The van der Waals surface area contributed by atoms with Gasteiger partial charge in [-0.1, -0.05) is 109 Å². The van der Waals surface area contributed by atoms with Gasteiger partial charge in [0.05, 0.1) is 0 Å². The van der Waals surface area contributed by atoms with Crippen LogP contribution in [0.4, 0.5) is 0 Å². The molecule has 5 aromatic carbocycles. The molecule has 3 heteroatoms. The lowest BCUT2D eigenvalue weighted by molar-refractivity contribution is 0.475. The lowest BCUT2D eigenvalue weighted by Gasteiger charge is -2.03. The van der Waals surface area contributed by atoms with E-state index in [1.54, 1.807) is 24.3 Å². The van der Waals surface area contributed by atoms with E-state index in [0.717, 1.165) is 21.4 Å². The zero-order valence-electron chi connectivity index (χ0n) is 18.9. The number of hydrogen-bond donors (Lipinski definition) is 2. The smallest absolute Gasteiger partial charge is 0.123 e. The highest BCUT2D eigenvalue weighted by Gasteiger charge is 2.11. The summed E-state index contributed by atoms with van der Waals surface area (Å²) in [6, 6.07) is 26.8. The number of halogens is 1. The fourth-order valence-corrected chi connectivity index (χ4v) is 4.62. The molecule has 0 fully saturated rings. The Bertz CT molecular complexity index is 1500. The first-order valence-electron chi connectivity index (χ1n) is 11.3. The first kappa shape index (κ1) is 22.5. The first-order chi connectivity index (χ1) is 17.0. The highest BCUT2D eigenvalue weighted by Crippen LogP contribution is 2.36. The van der Waals surface area contributed by atoms with Gasteiger partial charge in [0.25, 0.3) is 0 Å². The van der Waals surface area contributed by atoms with Crippen molar-refractivity contribution in [2.45, 2.75) is 0 Å². The third-order valence-electron chi connectivity index (χ3n) is 6.15. The Kier molecular flexibility index (Phi) is 6.13. The van der Waals surface area contributed by atoms with Crippen molar-refractivity contribution in [3.05, 3.63) is 124 Å². The second-order valence-corrected chi connectivity index (χ2v) is 8.72. The van der Waals surface area contributed by atoms with Crippen molar-refractivity contribution in [2.75, 3.05) is 0 Å². The van der Waals surface area contributed by atoms with Crippen molar-refractivity contribution in [3.8, 4) is 11.5 Å². The van der Waals surface area contributed by atoms with Crippen LogP contribution in [0.3, 0.4) is 0 Å². The molecular formula is C32H23ClO2. The van der Waals surface area contributed by atoms with Gasteiger partial charge in [-0.05, 0) is 62.9 Å². The van der Waals surface area contributed by atoms with Crippen LogP contribution in [-0.4, -0.2) is 10.2 Å². The molecule has 35 heavy (non-hydrogen) atoms. The van der Waals surface area contributed by atoms with Crippen molar-refractivity contribution in [2.24, 2.45) is 0 Å². The summed E-state index contributed by atoms with van der Waals surface area (Å²) in [4.78, 5) is 0. The second kappa shape index (κ2) is 9.54. The molecule has 0 unspecified atom stereocenters. The number of phenolic OH excluding ortho intramolecular Hbond substituents is 2. The predicted octanol–water partition coefficient (Wildman–Crippen LogP) is 9.04. The van der Waals surface area contributed by atoms with Crippen LogP contribution in [0.15, 0.2) is 91.5 Å². The Labute approximate surface area is 209 Å². The number of aromatic hydroxyl groups is 2. The fraction of sp³-hybridized carbons (Fsp3) is 0. The third kappa shape index (κ3) is 4.44.